The second-order valence-electron chi connectivity index (χ2n) is 8.26. The van der Waals surface area contributed by atoms with Gasteiger partial charge in [0.05, 0.1) is 0 Å². The van der Waals surface area contributed by atoms with Gasteiger partial charge in [-0.2, -0.15) is 0 Å². The largest absolute Gasteiger partial charge is 1.00 e. The number of imide groups is 1. The van der Waals surface area contributed by atoms with Crippen LogP contribution in [0.1, 0.15) is 28.3 Å². The molecule has 6 amide bonds. The predicted molar refractivity (Wildman–Crippen MR) is 118 cm³/mol. The van der Waals surface area contributed by atoms with E-state index in [9.17, 15) is 29.1 Å². The third kappa shape index (κ3) is 4.57. The summed E-state index contributed by atoms with van der Waals surface area (Å²) in [6.07, 6.45) is 0. The van der Waals surface area contributed by atoms with Gasteiger partial charge in [0, 0.05) is 20.7 Å². The summed E-state index contributed by atoms with van der Waals surface area (Å²) in [6.45, 7) is 3.98. The summed E-state index contributed by atoms with van der Waals surface area (Å²) >= 11 is 1.31. The Labute approximate surface area is 219 Å². The molecule has 3 aliphatic rings. The van der Waals surface area contributed by atoms with Crippen LogP contribution in [0.15, 0.2) is 30.3 Å². The molecular weight excluding hydrogens is 461 g/mol. The van der Waals surface area contributed by atoms with Crippen molar-refractivity contribution in [2.24, 2.45) is 0 Å². The standard InChI is InChI=1S/C20H23N5O6S.Na.2H2/c1-20(2)13(17(28)29)25-15(27)12(16(25)32-20)22-14(26)11(10-6-4-3-5-7-10)23-19(31)24-9-8-21-18(24)30;;;/h3-7,11-13,16H,8-9H2,1-2H3,(H,21,30)(H,22,26)(H,23,31)(H,28,29);;2*1H/q;+1;;/t11-,12-,13?,16-;;;/m1.../s1. The van der Waals surface area contributed by atoms with Crippen molar-refractivity contribution in [3.05, 3.63) is 35.9 Å². The fourth-order valence-corrected chi connectivity index (χ4v) is 5.82. The molecule has 33 heavy (non-hydrogen) atoms. The smallest absolute Gasteiger partial charge is 0.480 e. The molecule has 4 N–H and O–H groups in total. The molecule has 4 atom stereocenters. The zero-order valence-corrected chi connectivity index (χ0v) is 21.2. The molecule has 0 radical (unpaired) electrons. The monoisotopic (exact) mass is 488 g/mol. The fraction of sp³-hybridized carbons (Fsp3) is 0.450. The minimum absolute atomic E-state index is 0. The molecule has 1 unspecified atom stereocenters. The average Bonchev–Trinajstić information content (AvgIpc) is 3.29. The number of carboxylic acid groups (broad SMARTS) is 1. The molecular formula is C20H27N5NaO6S+. The summed E-state index contributed by atoms with van der Waals surface area (Å²) in [5.74, 6) is -2.20. The van der Waals surface area contributed by atoms with Crippen LogP contribution in [0, 0.1) is 0 Å². The van der Waals surface area contributed by atoms with E-state index in [2.05, 4.69) is 16.0 Å². The molecule has 0 spiro atoms. The van der Waals surface area contributed by atoms with E-state index < -0.39 is 58.1 Å². The second-order valence-corrected chi connectivity index (χ2v) is 10.0. The zero-order valence-electron chi connectivity index (χ0n) is 18.4. The van der Waals surface area contributed by atoms with Crippen LogP contribution in [0.25, 0.3) is 0 Å². The van der Waals surface area contributed by atoms with Crippen LogP contribution in [0.4, 0.5) is 9.59 Å². The van der Waals surface area contributed by atoms with Crippen molar-refractivity contribution in [3.8, 4) is 0 Å². The number of carbonyl (C=O) groups excluding carboxylic acids is 4. The maximum atomic E-state index is 13.1. The molecule has 11 nitrogen and oxygen atoms in total. The second kappa shape index (κ2) is 9.53. The first-order valence-corrected chi connectivity index (χ1v) is 10.9. The van der Waals surface area contributed by atoms with Crippen molar-refractivity contribution in [2.75, 3.05) is 13.1 Å². The number of fused-ring (bicyclic) bond motifs is 1. The Morgan fingerprint density at radius 2 is 1.91 bits per heavy atom. The van der Waals surface area contributed by atoms with E-state index >= 15 is 0 Å². The van der Waals surface area contributed by atoms with Crippen LogP contribution >= 0.6 is 11.8 Å². The van der Waals surface area contributed by atoms with Crippen molar-refractivity contribution < 1.29 is 61.5 Å². The molecule has 0 aliphatic carbocycles. The Morgan fingerprint density at radius 3 is 2.48 bits per heavy atom. The molecule has 0 aromatic heterocycles. The van der Waals surface area contributed by atoms with E-state index in [0.717, 1.165) is 4.90 Å². The number of urea groups is 2. The van der Waals surface area contributed by atoms with Crippen LogP contribution in [0.3, 0.4) is 0 Å². The van der Waals surface area contributed by atoms with E-state index in [4.69, 9.17) is 0 Å². The van der Waals surface area contributed by atoms with Crippen LogP contribution in [-0.2, 0) is 14.4 Å². The first kappa shape index (κ1) is 25.3. The van der Waals surface area contributed by atoms with Gasteiger partial charge in [-0.25, -0.2) is 19.3 Å². The number of aliphatic carboxylic acids is 1. The molecule has 4 rings (SSSR count). The van der Waals surface area contributed by atoms with Crippen LogP contribution in [0.2, 0.25) is 0 Å². The van der Waals surface area contributed by atoms with Gasteiger partial charge < -0.3 is 26.0 Å². The Morgan fingerprint density at radius 1 is 1.24 bits per heavy atom. The Kier molecular flexibility index (Phi) is 7.32. The molecule has 3 saturated heterocycles. The van der Waals surface area contributed by atoms with Gasteiger partial charge in [0.1, 0.15) is 23.5 Å². The van der Waals surface area contributed by atoms with E-state index in [1.165, 1.54) is 16.7 Å². The number of carbonyl (C=O) groups is 5. The summed E-state index contributed by atoms with van der Waals surface area (Å²) < 4.78 is -0.720. The van der Waals surface area contributed by atoms with Crippen LogP contribution in [-0.4, -0.2) is 80.0 Å². The maximum absolute atomic E-state index is 13.1. The summed E-state index contributed by atoms with van der Waals surface area (Å²) in [7, 11) is 0. The number of β-lactam (4-membered cyclic amide) rings is 1. The van der Waals surface area contributed by atoms with E-state index in [1.54, 1.807) is 44.2 Å². The number of hydrogen-bond donors (Lipinski definition) is 4. The molecule has 174 valence electrons. The number of thioether (sulfide) groups is 1. The van der Waals surface area contributed by atoms with Gasteiger partial charge >= 0.3 is 47.6 Å². The Hall–Kier alpha value is -2.28. The number of nitrogens with one attached hydrogen (secondary N) is 3. The summed E-state index contributed by atoms with van der Waals surface area (Å²) in [4.78, 5) is 64.2. The van der Waals surface area contributed by atoms with E-state index in [1.807, 2.05) is 0 Å². The summed E-state index contributed by atoms with van der Waals surface area (Å²) in [5.41, 5.74) is 0.476. The Bertz CT molecular complexity index is 1000. The van der Waals surface area contributed by atoms with Gasteiger partial charge in [-0.1, -0.05) is 30.3 Å². The third-order valence-corrected chi connectivity index (χ3v) is 7.31. The van der Waals surface area contributed by atoms with Gasteiger partial charge in [-0.05, 0) is 19.4 Å². The van der Waals surface area contributed by atoms with E-state index in [-0.39, 0.29) is 39.0 Å². The molecule has 0 saturated carbocycles. The number of benzene rings is 1. The third-order valence-electron chi connectivity index (χ3n) is 5.74. The van der Waals surface area contributed by atoms with Crippen molar-refractivity contribution in [1.29, 1.82) is 0 Å². The minimum atomic E-state index is -1.14. The van der Waals surface area contributed by atoms with Crippen molar-refractivity contribution >= 4 is 41.6 Å². The van der Waals surface area contributed by atoms with Gasteiger partial charge in [0.15, 0.2) is 0 Å². The number of rotatable bonds is 5. The molecule has 1 aromatic rings. The molecule has 1 aromatic carbocycles. The molecule has 3 fully saturated rings. The van der Waals surface area contributed by atoms with E-state index in [0.29, 0.717) is 12.1 Å². The van der Waals surface area contributed by atoms with Crippen LogP contribution < -0.4 is 45.5 Å². The first-order chi connectivity index (χ1) is 15.1. The molecule has 3 heterocycles. The molecule has 13 heteroatoms. The van der Waals surface area contributed by atoms with Gasteiger partial charge in [-0.15, -0.1) is 11.8 Å². The van der Waals surface area contributed by atoms with Crippen LogP contribution in [0.5, 0.6) is 0 Å². The zero-order chi connectivity index (χ0) is 23.2. The number of amides is 6. The van der Waals surface area contributed by atoms with Gasteiger partial charge in [0.2, 0.25) is 11.8 Å². The summed E-state index contributed by atoms with van der Waals surface area (Å²) in [6, 6.07) is 4.14. The molecule has 3 aliphatic heterocycles. The predicted octanol–water partition coefficient (Wildman–Crippen LogP) is -2.41. The van der Waals surface area contributed by atoms with Crippen molar-refractivity contribution in [3.63, 3.8) is 0 Å². The van der Waals surface area contributed by atoms with Crippen molar-refractivity contribution in [1.82, 2.24) is 25.8 Å². The average molecular weight is 489 g/mol. The fourth-order valence-electron chi connectivity index (χ4n) is 4.19. The Balaban J connectivity index is 0.00000204. The number of hydrogen-bond acceptors (Lipinski definition) is 6. The number of carboxylic acids is 1. The normalized spacial score (nSPS) is 25.8. The van der Waals surface area contributed by atoms with Gasteiger partial charge in [0.25, 0.3) is 0 Å². The molecule has 0 bridgehead atoms. The summed E-state index contributed by atoms with van der Waals surface area (Å²) in [5, 5.41) is 16.8. The number of nitrogens with zero attached hydrogens (tertiary/aromatic N) is 2. The van der Waals surface area contributed by atoms with Gasteiger partial charge in [-0.3, -0.25) is 9.59 Å². The SMILES string of the molecule is CC1(C)S[C@@H]2[C@H](NC(=O)[C@H](NC(=O)N3CCNC3=O)c3ccccc3)C(=O)N2C1C(=O)O.[HH].[HH].[Na+]. The minimum Gasteiger partial charge on any atom is -0.480 e. The maximum Gasteiger partial charge on any atom is 1.00 e. The quantitative estimate of drug-likeness (QED) is 0.267. The van der Waals surface area contributed by atoms with Crippen molar-refractivity contribution in [2.45, 2.75) is 42.1 Å². The topological polar surface area (TPSA) is 148 Å². The first-order valence-electron chi connectivity index (χ1n) is 10.1.